The molecule has 0 amide bonds. The molecule has 3 nitrogen and oxygen atoms in total. The molecule has 0 saturated carbocycles. The van der Waals surface area contributed by atoms with Crippen molar-refractivity contribution < 1.29 is 15.0 Å². The second-order valence-corrected chi connectivity index (χ2v) is 7.54. The van der Waals surface area contributed by atoms with Crippen LogP contribution < -0.4 is 0 Å². The summed E-state index contributed by atoms with van der Waals surface area (Å²) in [5.41, 5.74) is -0.987. The van der Waals surface area contributed by atoms with E-state index in [9.17, 15) is 9.90 Å². The Bertz CT molecular complexity index is 271. The van der Waals surface area contributed by atoms with Crippen molar-refractivity contribution in [1.82, 2.24) is 0 Å². The Kier molecular flexibility index (Phi) is 15.6. The number of aliphatic carboxylic acids is 1. The summed E-state index contributed by atoms with van der Waals surface area (Å²) in [5.74, 6) is -0.872. The fourth-order valence-corrected chi connectivity index (χ4v) is 3.41. The molecule has 0 aromatic carbocycles. The van der Waals surface area contributed by atoms with Crippen molar-refractivity contribution in [3.8, 4) is 0 Å². The average Bonchev–Trinajstić information content (AvgIpc) is 2.52. The number of unbranched alkanes of at least 4 members (excludes halogenated alkanes) is 12. The van der Waals surface area contributed by atoms with E-state index in [1.165, 1.54) is 64.2 Å². The number of carbonyl (C=O) groups is 1. The third kappa shape index (κ3) is 15.0. The molecule has 0 heterocycles. The van der Waals surface area contributed by atoms with Crippen LogP contribution >= 0.6 is 0 Å². The van der Waals surface area contributed by atoms with Crippen molar-refractivity contribution in [2.45, 2.75) is 129 Å². The highest BCUT2D eigenvalue weighted by molar-refractivity contribution is 5.68. The molecule has 2 N–H and O–H groups in total. The standard InChI is InChI=1S/C21H42O3/c1-3-5-7-9-11-13-15-17-21(24,19-20(22)23)18-16-14-12-10-8-6-4-2/h24H,3-19H2,1-2H3,(H,22,23). The molecule has 0 fully saturated rings. The molecular weight excluding hydrogens is 300 g/mol. The van der Waals surface area contributed by atoms with E-state index in [4.69, 9.17) is 5.11 Å². The first-order chi connectivity index (χ1) is 11.5. The highest BCUT2D eigenvalue weighted by atomic mass is 16.4. The largest absolute Gasteiger partial charge is 0.481 e. The Morgan fingerprint density at radius 3 is 1.33 bits per heavy atom. The van der Waals surface area contributed by atoms with Gasteiger partial charge >= 0.3 is 5.97 Å². The molecule has 144 valence electrons. The van der Waals surface area contributed by atoms with Crippen LogP contribution in [-0.4, -0.2) is 21.8 Å². The maximum absolute atomic E-state index is 11.1. The molecule has 0 aromatic heterocycles. The van der Waals surface area contributed by atoms with Gasteiger partial charge in [-0.3, -0.25) is 4.79 Å². The summed E-state index contributed by atoms with van der Waals surface area (Å²) in [5, 5.41) is 19.8. The molecule has 0 saturated heterocycles. The lowest BCUT2D eigenvalue weighted by Gasteiger charge is -2.26. The predicted octanol–water partition coefficient (Wildman–Crippen LogP) is 6.47. The van der Waals surface area contributed by atoms with Gasteiger partial charge in [0.15, 0.2) is 0 Å². The van der Waals surface area contributed by atoms with Gasteiger partial charge < -0.3 is 10.2 Å². The fourth-order valence-electron chi connectivity index (χ4n) is 3.41. The van der Waals surface area contributed by atoms with Crippen LogP contribution in [0.25, 0.3) is 0 Å². The lowest BCUT2D eigenvalue weighted by atomic mass is 9.87. The van der Waals surface area contributed by atoms with E-state index in [2.05, 4.69) is 13.8 Å². The van der Waals surface area contributed by atoms with E-state index in [-0.39, 0.29) is 6.42 Å². The van der Waals surface area contributed by atoms with Crippen molar-refractivity contribution in [1.29, 1.82) is 0 Å². The zero-order valence-electron chi connectivity index (χ0n) is 16.3. The highest BCUT2D eigenvalue weighted by Crippen LogP contribution is 2.26. The maximum atomic E-state index is 11.1. The first-order valence-corrected chi connectivity index (χ1v) is 10.5. The molecule has 0 aliphatic carbocycles. The molecular formula is C21H42O3. The minimum absolute atomic E-state index is 0.0985. The second kappa shape index (κ2) is 15.9. The summed E-state index contributed by atoms with van der Waals surface area (Å²) < 4.78 is 0. The minimum Gasteiger partial charge on any atom is -0.481 e. The molecule has 0 radical (unpaired) electrons. The zero-order chi connectivity index (χ0) is 18.1. The summed E-state index contributed by atoms with van der Waals surface area (Å²) in [7, 11) is 0. The van der Waals surface area contributed by atoms with Crippen LogP contribution in [0.1, 0.15) is 123 Å². The van der Waals surface area contributed by atoms with Crippen molar-refractivity contribution in [2.24, 2.45) is 0 Å². The van der Waals surface area contributed by atoms with Crippen LogP contribution in [0.15, 0.2) is 0 Å². The molecule has 0 bridgehead atoms. The Hall–Kier alpha value is -0.570. The van der Waals surface area contributed by atoms with Gasteiger partial charge in [-0.15, -0.1) is 0 Å². The van der Waals surface area contributed by atoms with Crippen LogP contribution in [0.2, 0.25) is 0 Å². The monoisotopic (exact) mass is 342 g/mol. The Morgan fingerprint density at radius 1 is 0.667 bits per heavy atom. The normalized spacial score (nSPS) is 11.8. The molecule has 0 rings (SSSR count). The Labute approximate surface area is 150 Å². The SMILES string of the molecule is CCCCCCCCCC(O)(CCCCCCCCC)CC(=O)O. The third-order valence-electron chi connectivity index (χ3n) is 4.97. The van der Waals surface area contributed by atoms with Crippen molar-refractivity contribution in [3.05, 3.63) is 0 Å². The number of hydrogen-bond donors (Lipinski definition) is 2. The van der Waals surface area contributed by atoms with Crippen molar-refractivity contribution >= 4 is 5.97 Å². The van der Waals surface area contributed by atoms with E-state index in [1.54, 1.807) is 0 Å². The summed E-state index contributed by atoms with van der Waals surface area (Å²) in [4.78, 5) is 11.1. The van der Waals surface area contributed by atoms with Gasteiger partial charge in [0.05, 0.1) is 12.0 Å². The zero-order valence-corrected chi connectivity index (χ0v) is 16.3. The molecule has 0 spiro atoms. The highest BCUT2D eigenvalue weighted by Gasteiger charge is 2.28. The predicted molar refractivity (Wildman–Crippen MR) is 102 cm³/mol. The van der Waals surface area contributed by atoms with Gasteiger partial charge in [0.2, 0.25) is 0 Å². The molecule has 0 aliphatic rings. The van der Waals surface area contributed by atoms with Gasteiger partial charge in [-0.2, -0.15) is 0 Å². The summed E-state index contributed by atoms with van der Waals surface area (Å²) in [6, 6.07) is 0. The van der Waals surface area contributed by atoms with Gasteiger partial charge in [0.25, 0.3) is 0 Å². The lowest BCUT2D eigenvalue weighted by molar-refractivity contribution is -0.143. The van der Waals surface area contributed by atoms with E-state index in [1.807, 2.05) is 0 Å². The third-order valence-corrected chi connectivity index (χ3v) is 4.97. The quantitative estimate of drug-likeness (QED) is 0.280. The molecule has 3 heteroatoms. The molecule has 24 heavy (non-hydrogen) atoms. The van der Waals surface area contributed by atoms with E-state index in [0.717, 1.165) is 25.7 Å². The van der Waals surface area contributed by atoms with Gasteiger partial charge in [-0.25, -0.2) is 0 Å². The topological polar surface area (TPSA) is 57.5 Å². The van der Waals surface area contributed by atoms with Crippen LogP contribution in [0.5, 0.6) is 0 Å². The number of carboxylic acids is 1. The van der Waals surface area contributed by atoms with Crippen LogP contribution in [0.4, 0.5) is 0 Å². The summed E-state index contributed by atoms with van der Waals surface area (Å²) in [6.07, 6.45) is 18.0. The van der Waals surface area contributed by atoms with Gasteiger partial charge in [-0.1, -0.05) is 104 Å². The number of aliphatic hydroxyl groups is 1. The van der Waals surface area contributed by atoms with Crippen molar-refractivity contribution in [2.75, 3.05) is 0 Å². The lowest BCUT2D eigenvalue weighted by Crippen LogP contribution is -2.31. The molecule has 0 unspecified atom stereocenters. The molecule has 0 aromatic rings. The number of carboxylic acid groups (broad SMARTS) is 1. The maximum Gasteiger partial charge on any atom is 0.306 e. The smallest absolute Gasteiger partial charge is 0.306 e. The number of hydrogen-bond acceptors (Lipinski definition) is 2. The van der Waals surface area contributed by atoms with Gasteiger partial charge in [0.1, 0.15) is 0 Å². The summed E-state index contributed by atoms with van der Waals surface area (Å²) in [6.45, 7) is 4.44. The Balaban J connectivity index is 3.88. The van der Waals surface area contributed by atoms with E-state index < -0.39 is 11.6 Å². The molecule has 0 aliphatic heterocycles. The van der Waals surface area contributed by atoms with Gasteiger partial charge in [-0.05, 0) is 12.8 Å². The second-order valence-electron chi connectivity index (χ2n) is 7.54. The Morgan fingerprint density at radius 2 is 1.00 bits per heavy atom. The van der Waals surface area contributed by atoms with Gasteiger partial charge in [0, 0.05) is 0 Å². The average molecular weight is 343 g/mol. The summed E-state index contributed by atoms with van der Waals surface area (Å²) >= 11 is 0. The first-order valence-electron chi connectivity index (χ1n) is 10.5. The van der Waals surface area contributed by atoms with E-state index >= 15 is 0 Å². The fraction of sp³-hybridized carbons (Fsp3) is 0.952. The number of rotatable bonds is 18. The van der Waals surface area contributed by atoms with Crippen molar-refractivity contribution in [3.63, 3.8) is 0 Å². The van der Waals surface area contributed by atoms with Crippen LogP contribution in [0, 0.1) is 0 Å². The minimum atomic E-state index is -0.987. The van der Waals surface area contributed by atoms with Crippen LogP contribution in [-0.2, 0) is 4.79 Å². The first kappa shape index (κ1) is 23.4. The van der Waals surface area contributed by atoms with Crippen LogP contribution in [0.3, 0.4) is 0 Å². The van der Waals surface area contributed by atoms with E-state index in [0.29, 0.717) is 12.8 Å². The molecule has 0 atom stereocenters.